The molecule has 3 heteroatoms. The number of rotatable bonds is 7. The normalized spacial score (nSPS) is 17.5. The van der Waals surface area contributed by atoms with Gasteiger partial charge in [-0.3, -0.25) is 0 Å². The molecule has 1 aromatic rings. The van der Waals surface area contributed by atoms with Crippen molar-refractivity contribution < 1.29 is 42.2 Å². The third-order valence-electron chi connectivity index (χ3n) is 5.17. The molecule has 1 saturated carbocycles. The van der Waals surface area contributed by atoms with Crippen molar-refractivity contribution in [3.8, 4) is 5.75 Å². The van der Waals surface area contributed by atoms with Crippen molar-refractivity contribution in [2.45, 2.75) is 79.4 Å². The van der Waals surface area contributed by atoms with Crippen LogP contribution >= 0.6 is 0 Å². The topological polar surface area (TPSA) is 18.5 Å². The van der Waals surface area contributed by atoms with Crippen LogP contribution in [0.1, 0.15) is 78.7 Å². The minimum Gasteiger partial charge on any atom is -0.465 e. The van der Waals surface area contributed by atoms with E-state index in [0.717, 1.165) is 18.3 Å². The first-order chi connectivity index (χ1) is 11.9. The van der Waals surface area contributed by atoms with E-state index in [1.54, 1.807) is 0 Å². The molecule has 1 atom stereocenters. The second-order valence-corrected chi connectivity index (χ2v) is 8.33. The molecule has 0 N–H and O–H groups in total. The summed E-state index contributed by atoms with van der Waals surface area (Å²) in [6.45, 7) is 11.6. The first-order valence-electron chi connectivity index (χ1n) is 9.95. The van der Waals surface area contributed by atoms with Gasteiger partial charge in [0.25, 0.3) is 0 Å². The predicted molar refractivity (Wildman–Crippen MR) is 107 cm³/mol. The Kier molecular flexibility index (Phi) is 10.7. The van der Waals surface area contributed by atoms with Crippen LogP contribution in [0.4, 0.5) is 0 Å². The van der Waals surface area contributed by atoms with Crippen LogP contribution < -0.4 is 4.74 Å². The molecule has 26 heavy (non-hydrogen) atoms. The van der Waals surface area contributed by atoms with Gasteiger partial charge in [-0.2, -0.15) is 0 Å². The molecular weight excluding hydrogens is 397 g/mol. The molecule has 0 bridgehead atoms. The van der Waals surface area contributed by atoms with E-state index in [2.05, 4.69) is 45.9 Å². The second kappa shape index (κ2) is 11.6. The van der Waals surface area contributed by atoms with Crippen LogP contribution in [0, 0.1) is 11.3 Å². The van der Waals surface area contributed by atoms with E-state index in [4.69, 9.17) is 9.47 Å². The summed E-state index contributed by atoms with van der Waals surface area (Å²) in [7, 11) is 0. The number of hydrogen-bond donors (Lipinski definition) is 0. The minimum absolute atomic E-state index is 0. The van der Waals surface area contributed by atoms with Crippen molar-refractivity contribution in [1.82, 2.24) is 0 Å². The molecule has 1 aliphatic rings. The fourth-order valence-corrected chi connectivity index (χ4v) is 3.85. The van der Waals surface area contributed by atoms with Gasteiger partial charge in [-0.25, -0.2) is 0 Å². The van der Waals surface area contributed by atoms with Crippen LogP contribution in [0.5, 0.6) is 5.75 Å². The molecule has 1 fully saturated rings. The monoisotopic (exact) mass is 433 g/mol. The number of allylic oxidation sites excluding steroid dienone is 2. The number of benzene rings is 1. The minimum atomic E-state index is -0.196. The van der Waals surface area contributed by atoms with Crippen molar-refractivity contribution in [3.63, 3.8) is 0 Å². The largest absolute Gasteiger partial charge is 0.465 e. The van der Waals surface area contributed by atoms with E-state index in [-0.39, 0.29) is 44.4 Å². The summed E-state index contributed by atoms with van der Waals surface area (Å²) in [4.78, 5) is 0. The van der Waals surface area contributed by atoms with Crippen molar-refractivity contribution in [2.24, 2.45) is 11.3 Å². The molecule has 1 unspecified atom stereocenters. The SMILES string of the molecule is C/C=C(/c1ccc(OC(C)OCCC2CCCCC2)cc1)C(C)(C)C.[Y]. The van der Waals surface area contributed by atoms with Gasteiger partial charge in [-0.05, 0) is 54.9 Å². The molecule has 1 radical (unpaired) electrons. The Balaban J connectivity index is 0.00000338. The average molecular weight is 433 g/mol. The maximum Gasteiger partial charge on any atom is 0.196 e. The molecule has 2 rings (SSSR count). The third kappa shape index (κ3) is 7.83. The van der Waals surface area contributed by atoms with Crippen LogP contribution in [0.15, 0.2) is 30.3 Å². The predicted octanol–water partition coefficient (Wildman–Crippen LogP) is 6.85. The fraction of sp³-hybridized carbons (Fsp3) is 0.652. The van der Waals surface area contributed by atoms with Crippen molar-refractivity contribution in [3.05, 3.63) is 35.9 Å². The molecule has 2 nitrogen and oxygen atoms in total. The van der Waals surface area contributed by atoms with Crippen LogP contribution in [0.3, 0.4) is 0 Å². The Hall–Kier alpha value is -0.176. The van der Waals surface area contributed by atoms with Gasteiger partial charge in [0.15, 0.2) is 6.29 Å². The van der Waals surface area contributed by atoms with E-state index >= 15 is 0 Å². The molecule has 0 heterocycles. The summed E-state index contributed by atoms with van der Waals surface area (Å²) < 4.78 is 11.8. The van der Waals surface area contributed by atoms with E-state index in [9.17, 15) is 0 Å². The Bertz CT molecular complexity index is 536. The second-order valence-electron chi connectivity index (χ2n) is 8.33. The molecule has 1 aromatic carbocycles. The Morgan fingerprint density at radius 3 is 2.27 bits per heavy atom. The first kappa shape index (κ1) is 23.9. The fourth-order valence-electron chi connectivity index (χ4n) is 3.85. The Morgan fingerprint density at radius 1 is 1.12 bits per heavy atom. The van der Waals surface area contributed by atoms with Gasteiger partial charge in [0.05, 0.1) is 6.61 Å². The zero-order valence-electron chi connectivity index (χ0n) is 17.4. The molecule has 143 valence electrons. The van der Waals surface area contributed by atoms with Gasteiger partial charge >= 0.3 is 0 Å². The molecular formula is C23H36O2Y. The van der Waals surface area contributed by atoms with Crippen LogP contribution in [-0.4, -0.2) is 12.9 Å². The third-order valence-corrected chi connectivity index (χ3v) is 5.17. The van der Waals surface area contributed by atoms with Crippen LogP contribution in [-0.2, 0) is 37.4 Å². The molecule has 0 spiro atoms. The first-order valence-corrected chi connectivity index (χ1v) is 9.95. The molecule has 1 aliphatic carbocycles. The van der Waals surface area contributed by atoms with Crippen molar-refractivity contribution >= 4 is 5.57 Å². The van der Waals surface area contributed by atoms with E-state index in [1.165, 1.54) is 49.7 Å². The summed E-state index contributed by atoms with van der Waals surface area (Å²) in [5, 5.41) is 0. The van der Waals surface area contributed by atoms with Gasteiger partial charge in [0, 0.05) is 32.7 Å². The summed E-state index contributed by atoms with van der Waals surface area (Å²) in [6, 6.07) is 8.38. The maximum absolute atomic E-state index is 5.92. The van der Waals surface area contributed by atoms with Gasteiger partial charge < -0.3 is 9.47 Å². The summed E-state index contributed by atoms with van der Waals surface area (Å²) >= 11 is 0. The summed E-state index contributed by atoms with van der Waals surface area (Å²) in [5.74, 6) is 1.73. The van der Waals surface area contributed by atoms with Crippen molar-refractivity contribution in [1.29, 1.82) is 0 Å². The molecule has 0 aromatic heterocycles. The van der Waals surface area contributed by atoms with Crippen LogP contribution in [0.2, 0.25) is 0 Å². The van der Waals surface area contributed by atoms with E-state index in [1.807, 2.05) is 19.1 Å². The quantitative estimate of drug-likeness (QED) is 0.438. The standard InChI is InChI=1S/C23H36O2.Y/c1-6-22(23(3,4)5)20-12-14-21(15-13-20)25-18(2)24-17-16-19-10-8-7-9-11-19;/h6,12-15,18-19H,7-11,16-17H2,1-5H3;/b22-6-;. The number of ether oxygens (including phenoxy) is 2. The average Bonchev–Trinajstić information content (AvgIpc) is 2.57. The molecule has 0 aliphatic heterocycles. The van der Waals surface area contributed by atoms with Gasteiger partial charge in [-0.1, -0.05) is 71.1 Å². The zero-order chi connectivity index (χ0) is 18.3. The maximum atomic E-state index is 5.92. The Morgan fingerprint density at radius 2 is 1.73 bits per heavy atom. The van der Waals surface area contributed by atoms with Gasteiger partial charge in [0.1, 0.15) is 5.75 Å². The summed E-state index contributed by atoms with van der Waals surface area (Å²) in [5.41, 5.74) is 2.76. The Labute approximate surface area is 186 Å². The summed E-state index contributed by atoms with van der Waals surface area (Å²) in [6.07, 6.45) is 10.1. The zero-order valence-corrected chi connectivity index (χ0v) is 20.2. The number of hydrogen-bond acceptors (Lipinski definition) is 2. The smallest absolute Gasteiger partial charge is 0.196 e. The van der Waals surface area contributed by atoms with Crippen molar-refractivity contribution in [2.75, 3.05) is 6.61 Å². The molecule has 0 amide bonds. The van der Waals surface area contributed by atoms with E-state index < -0.39 is 0 Å². The van der Waals surface area contributed by atoms with Crippen LogP contribution in [0.25, 0.3) is 5.57 Å². The molecule has 0 saturated heterocycles. The van der Waals surface area contributed by atoms with Gasteiger partial charge in [-0.15, -0.1) is 0 Å². The van der Waals surface area contributed by atoms with Gasteiger partial charge in [0.2, 0.25) is 0 Å². The van der Waals surface area contributed by atoms with E-state index in [0.29, 0.717) is 0 Å².